The molecule has 0 amide bonds. The monoisotopic (exact) mass is 519 g/mol. The zero-order valence-corrected chi connectivity index (χ0v) is 20.7. The number of guanidine groups is 1. The number of rotatable bonds is 10. The number of aryl methyl sites for hydroxylation is 1. The van der Waals surface area contributed by atoms with E-state index >= 15 is 0 Å². The number of hydrogen-bond acceptors (Lipinski definition) is 5. The van der Waals surface area contributed by atoms with E-state index in [1.165, 1.54) is 32.2 Å². The standard InChI is InChI=1S/C20H37N7O.HI/c1-5-27-11-6-7-17(27)13-21-19(22-14-18-25-24-16(2)26(18)3)23-15-20(8-9-20)10-12-28-4;/h17H,5-15H2,1-4H3,(H2,21,22,23);1H. The summed E-state index contributed by atoms with van der Waals surface area (Å²) in [5.74, 6) is 2.68. The molecule has 1 aliphatic carbocycles. The van der Waals surface area contributed by atoms with E-state index in [0.717, 1.165) is 50.3 Å². The minimum atomic E-state index is 0. The lowest BCUT2D eigenvalue weighted by atomic mass is 10.0. The highest BCUT2D eigenvalue weighted by Gasteiger charge is 2.42. The Balaban J connectivity index is 0.00000300. The summed E-state index contributed by atoms with van der Waals surface area (Å²) in [6.45, 7) is 9.77. The van der Waals surface area contributed by atoms with Crippen LogP contribution in [-0.4, -0.2) is 71.6 Å². The fourth-order valence-corrected chi connectivity index (χ4v) is 3.95. The summed E-state index contributed by atoms with van der Waals surface area (Å²) in [5, 5.41) is 15.6. The second kappa shape index (κ2) is 11.5. The Hall–Kier alpha value is -0.940. The molecule has 2 aliphatic rings. The van der Waals surface area contributed by atoms with Crippen molar-refractivity contribution in [3.63, 3.8) is 0 Å². The highest BCUT2D eigenvalue weighted by atomic mass is 127. The minimum absolute atomic E-state index is 0. The zero-order chi connectivity index (χ0) is 20.0. The fourth-order valence-electron chi connectivity index (χ4n) is 3.95. The first kappa shape index (κ1) is 24.3. The first-order valence-electron chi connectivity index (χ1n) is 10.7. The van der Waals surface area contributed by atoms with Gasteiger partial charge in [-0.1, -0.05) is 6.92 Å². The van der Waals surface area contributed by atoms with Crippen molar-refractivity contribution in [1.29, 1.82) is 0 Å². The molecule has 0 radical (unpaired) electrons. The summed E-state index contributed by atoms with van der Waals surface area (Å²) in [6.07, 6.45) is 6.20. The molecule has 1 aromatic rings. The number of nitrogens with one attached hydrogen (secondary N) is 2. The number of methoxy groups -OCH3 is 1. The van der Waals surface area contributed by atoms with Crippen molar-refractivity contribution in [2.75, 3.05) is 39.9 Å². The second-order valence-corrected chi connectivity index (χ2v) is 8.29. The molecule has 8 nitrogen and oxygen atoms in total. The molecule has 1 aliphatic heterocycles. The molecule has 0 bridgehead atoms. The van der Waals surface area contributed by atoms with Gasteiger partial charge in [-0.25, -0.2) is 4.99 Å². The van der Waals surface area contributed by atoms with Gasteiger partial charge in [-0.05, 0) is 57.5 Å². The van der Waals surface area contributed by atoms with E-state index < -0.39 is 0 Å². The van der Waals surface area contributed by atoms with Crippen LogP contribution < -0.4 is 10.6 Å². The quantitative estimate of drug-likeness (QED) is 0.280. The average molecular weight is 519 g/mol. The Labute approximate surface area is 192 Å². The molecule has 9 heteroatoms. The molecule has 1 aromatic heterocycles. The van der Waals surface area contributed by atoms with Crippen LogP contribution in [0.5, 0.6) is 0 Å². The molecule has 3 rings (SSSR count). The number of nitrogens with zero attached hydrogens (tertiary/aromatic N) is 5. The maximum atomic E-state index is 5.29. The Morgan fingerprint density at radius 3 is 2.72 bits per heavy atom. The third-order valence-electron chi connectivity index (χ3n) is 6.40. The maximum Gasteiger partial charge on any atom is 0.191 e. The van der Waals surface area contributed by atoms with Crippen LogP contribution in [0.1, 0.15) is 50.7 Å². The predicted octanol–water partition coefficient (Wildman–Crippen LogP) is 2.08. The topological polar surface area (TPSA) is 79.6 Å². The van der Waals surface area contributed by atoms with Gasteiger partial charge >= 0.3 is 0 Å². The molecule has 1 saturated heterocycles. The van der Waals surface area contributed by atoms with Gasteiger partial charge in [0.25, 0.3) is 0 Å². The van der Waals surface area contributed by atoms with Gasteiger partial charge in [-0.15, -0.1) is 34.2 Å². The smallest absolute Gasteiger partial charge is 0.191 e. The number of ether oxygens (including phenoxy) is 1. The lowest BCUT2D eigenvalue weighted by Crippen LogP contribution is -2.46. The summed E-state index contributed by atoms with van der Waals surface area (Å²) in [5.41, 5.74) is 0.378. The number of likely N-dealkylation sites (N-methyl/N-ethyl adjacent to an activating group) is 1. The molecule has 1 atom stereocenters. The lowest BCUT2D eigenvalue weighted by molar-refractivity contribution is 0.172. The van der Waals surface area contributed by atoms with E-state index in [-0.39, 0.29) is 24.0 Å². The average Bonchev–Trinajstić information content (AvgIpc) is 3.20. The van der Waals surface area contributed by atoms with Crippen molar-refractivity contribution in [2.24, 2.45) is 17.5 Å². The van der Waals surface area contributed by atoms with E-state index in [1.54, 1.807) is 7.11 Å². The highest BCUT2D eigenvalue weighted by molar-refractivity contribution is 14.0. The second-order valence-electron chi connectivity index (χ2n) is 8.29. The van der Waals surface area contributed by atoms with Crippen molar-refractivity contribution < 1.29 is 4.74 Å². The van der Waals surface area contributed by atoms with Crippen LogP contribution in [0.15, 0.2) is 4.99 Å². The van der Waals surface area contributed by atoms with Crippen LogP contribution in [0.3, 0.4) is 0 Å². The van der Waals surface area contributed by atoms with Crippen molar-refractivity contribution in [2.45, 2.75) is 58.5 Å². The largest absolute Gasteiger partial charge is 0.385 e. The van der Waals surface area contributed by atoms with Crippen LogP contribution in [-0.2, 0) is 18.3 Å². The summed E-state index contributed by atoms with van der Waals surface area (Å²) in [4.78, 5) is 7.37. The third-order valence-corrected chi connectivity index (χ3v) is 6.40. The van der Waals surface area contributed by atoms with Crippen LogP contribution in [0.4, 0.5) is 0 Å². The van der Waals surface area contributed by atoms with Crippen molar-refractivity contribution >= 4 is 29.9 Å². The molecule has 0 aromatic carbocycles. The number of hydrogen-bond donors (Lipinski definition) is 2. The van der Waals surface area contributed by atoms with Crippen LogP contribution in [0.2, 0.25) is 0 Å². The van der Waals surface area contributed by atoms with Crippen LogP contribution >= 0.6 is 24.0 Å². The molecule has 29 heavy (non-hydrogen) atoms. The van der Waals surface area contributed by atoms with Gasteiger partial charge in [0.15, 0.2) is 11.8 Å². The summed E-state index contributed by atoms with van der Waals surface area (Å²) in [6, 6.07) is 0.595. The number of likely N-dealkylation sites (tertiary alicyclic amines) is 1. The van der Waals surface area contributed by atoms with E-state index in [9.17, 15) is 0 Å². The molecule has 2 fully saturated rings. The Morgan fingerprint density at radius 1 is 1.31 bits per heavy atom. The van der Waals surface area contributed by atoms with Gasteiger partial charge < -0.3 is 19.9 Å². The molecule has 1 unspecified atom stereocenters. The Bertz CT molecular complexity index is 659. The Kier molecular flexibility index (Phi) is 9.61. The first-order valence-corrected chi connectivity index (χ1v) is 10.7. The molecular formula is C20H38IN7O. The summed E-state index contributed by atoms with van der Waals surface area (Å²) in [7, 11) is 3.77. The van der Waals surface area contributed by atoms with Gasteiger partial charge in [0, 0.05) is 39.9 Å². The molecular weight excluding hydrogens is 481 g/mol. The van der Waals surface area contributed by atoms with Crippen molar-refractivity contribution in [1.82, 2.24) is 30.3 Å². The van der Waals surface area contributed by atoms with Gasteiger partial charge in [-0.2, -0.15) is 0 Å². The molecule has 2 heterocycles. The van der Waals surface area contributed by atoms with E-state index in [4.69, 9.17) is 9.73 Å². The fraction of sp³-hybridized carbons (Fsp3) is 0.850. The SMILES string of the molecule is CCN1CCCC1CNC(=NCc1nnc(C)n1C)NCC1(CCOC)CC1.I. The van der Waals surface area contributed by atoms with Crippen molar-refractivity contribution in [3.05, 3.63) is 11.6 Å². The number of aromatic nitrogens is 3. The number of aliphatic imine (C=N–C) groups is 1. The molecule has 1 saturated carbocycles. The first-order chi connectivity index (χ1) is 13.6. The van der Waals surface area contributed by atoms with Crippen molar-refractivity contribution in [3.8, 4) is 0 Å². The molecule has 0 spiro atoms. The summed E-state index contributed by atoms with van der Waals surface area (Å²) >= 11 is 0. The maximum absolute atomic E-state index is 5.29. The lowest BCUT2D eigenvalue weighted by Gasteiger charge is -2.25. The highest BCUT2D eigenvalue weighted by Crippen LogP contribution is 2.48. The summed E-state index contributed by atoms with van der Waals surface area (Å²) < 4.78 is 7.29. The third kappa shape index (κ3) is 6.78. The number of halogens is 1. The van der Waals surface area contributed by atoms with Crippen LogP contribution in [0, 0.1) is 12.3 Å². The van der Waals surface area contributed by atoms with E-state index in [2.05, 4.69) is 32.7 Å². The van der Waals surface area contributed by atoms with Gasteiger partial charge in [0.1, 0.15) is 12.4 Å². The molecule has 2 N–H and O–H groups in total. The van der Waals surface area contributed by atoms with Gasteiger partial charge in [-0.3, -0.25) is 4.90 Å². The molecule has 166 valence electrons. The van der Waals surface area contributed by atoms with E-state index in [1.807, 2.05) is 18.5 Å². The minimum Gasteiger partial charge on any atom is -0.385 e. The normalized spacial score (nSPS) is 21.1. The van der Waals surface area contributed by atoms with Gasteiger partial charge in [0.05, 0.1) is 0 Å². The van der Waals surface area contributed by atoms with E-state index in [0.29, 0.717) is 18.0 Å². The van der Waals surface area contributed by atoms with Crippen LogP contribution in [0.25, 0.3) is 0 Å². The zero-order valence-electron chi connectivity index (χ0n) is 18.4. The predicted molar refractivity (Wildman–Crippen MR) is 127 cm³/mol. The Morgan fingerprint density at radius 2 is 2.10 bits per heavy atom. The van der Waals surface area contributed by atoms with Gasteiger partial charge in [0.2, 0.25) is 0 Å².